The molecule has 0 bridgehead atoms. The minimum absolute atomic E-state index is 0. The molecule has 2 saturated heterocycles. The van der Waals surface area contributed by atoms with Crippen molar-refractivity contribution in [3.63, 3.8) is 0 Å². The molecule has 4 aromatic carbocycles. The highest BCUT2D eigenvalue weighted by Crippen LogP contribution is 2.40. The van der Waals surface area contributed by atoms with Gasteiger partial charge >= 0.3 is 0 Å². The number of carbonyl (C=O) groups is 2. The van der Waals surface area contributed by atoms with Crippen LogP contribution in [-0.4, -0.2) is 62.4 Å². The van der Waals surface area contributed by atoms with E-state index in [1.807, 2.05) is 79.7 Å². The Morgan fingerprint density at radius 1 is 0.569 bits per heavy atom. The van der Waals surface area contributed by atoms with Gasteiger partial charge in [-0.3, -0.25) is 14.5 Å². The molecule has 4 aromatic rings. The number of rotatable bonds is 9. The molecule has 2 fully saturated rings. The number of fused-ring (bicyclic) bond motifs is 1. The first-order valence-electron chi connectivity index (χ1n) is 18.1. The molecule has 0 spiro atoms. The summed E-state index contributed by atoms with van der Waals surface area (Å²) in [6, 6.07) is 34.3. The van der Waals surface area contributed by atoms with Crippen LogP contribution in [-0.2, 0) is 14.9 Å². The van der Waals surface area contributed by atoms with Gasteiger partial charge < -0.3 is 18.9 Å². The van der Waals surface area contributed by atoms with E-state index in [2.05, 4.69) is 61.5 Å². The largest absolute Gasteiger partial charge is 0.491 e. The second-order valence-corrected chi connectivity index (χ2v) is 10.8. The van der Waals surface area contributed by atoms with Crippen LogP contribution in [0.3, 0.4) is 0 Å². The topological polar surface area (TPSA) is 80.9 Å². The maximum absolute atomic E-state index is 11.3. The number of imide groups is 1. The van der Waals surface area contributed by atoms with Gasteiger partial charge in [-0.15, -0.1) is 0 Å². The van der Waals surface area contributed by atoms with E-state index < -0.39 is 0 Å². The van der Waals surface area contributed by atoms with E-state index in [9.17, 15) is 9.59 Å². The first-order valence-corrected chi connectivity index (χ1v) is 18.1. The second kappa shape index (κ2) is 23.1. The molecule has 2 atom stereocenters. The SMILES string of the molecule is C.CC.CC.CC.CC.CC(c1ccccc1)(c1ccc(OCC2CO2)cc1)c1ccc(OCC2CO2)cc1.CN1C(=O)c2ccccc2C1=O. The highest BCUT2D eigenvalue weighted by atomic mass is 16.6. The number of nitrogens with zero attached hydrogens (tertiary/aromatic N) is 1. The molecule has 0 aliphatic carbocycles. The van der Waals surface area contributed by atoms with Crippen LogP contribution < -0.4 is 9.47 Å². The van der Waals surface area contributed by atoms with Crippen molar-refractivity contribution in [3.05, 3.63) is 131 Å². The molecule has 0 aromatic heterocycles. The zero-order valence-corrected chi connectivity index (χ0v) is 31.7. The normalized spacial score (nSPS) is 16.7. The summed E-state index contributed by atoms with van der Waals surface area (Å²) in [4.78, 5) is 23.8. The van der Waals surface area contributed by atoms with Crippen LogP contribution in [0.2, 0.25) is 0 Å². The van der Waals surface area contributed by atoms with E-state index in [4.69, 9.17) is 18.9 Å². The maximum atomic E-state index is 11.3. The summed E-state index contributed by atoms with van der Waals surface area (Å²) in [5, 5.41) is 0. The van der Waals surface area contributed by atoms with Crippen LogP contribution in [0.25, 0.3) is 0 Å². The van der Waals surface area contributed by atoms with E-state index in [0.717, 1.165) is 29.6 Å². The van der Waals surface area contributed by atoms with Crippen molar-refractivity contribution in [1.29, 1.82) is 0 Å². The average molecular weight is 700 g/mol. The summed E-state index contributed by atoms with van der Waals surface area (Å²) in [6.45, 7) is 21.1. The predicted molar refractivity (Wildman–Crippen MR) is 210 cm³/mol. The fourth-order valence-electron chi connectivity index (χ4n) is 5.06. The molecule has 51 heavy (non-hydrogen) atoms. The third-order valence-corrected chi connectivity index (χ3v) is 7.89. The number of benzene rings is 4. The number of ether oxygens (including phenoxy) is 4. The first-order chi connectivity index (χ1) is 24.4. The number of epoxide rings is 2. The summed E-state index contributed by atoms with van der Waals surface area (Å²) in [7, 11) is 1.49. The van der Waals surface area contributed by atoms with Crippen LogP contribution in [0.15, 0.2) is 103 Å². The van der Waals surface area contributed by atoms with E-state index in [0.29, 0.717) is 24.3 Å². The molecule has 3 aliphatic heterocycles. The fraction of sp³-hybridized carbons (Fsp3) is 0.409. The lowest BCUT2D eigenvalue weighted by molar-refractivity contribution is 0.0693. The Hall–Kier alpha value is -4.46. The first kappa shape index (κ1) is 44.6. The number of carbonyl (C=O) groups excluding carboxylic acids is 2. The monoisotopic (exact) mass is 699 g/mol. The molecule has 2 unspecified atom stereocenters. The summed E-state index contributed by atoms with van der Waals surface area (Å²) in [5.74, 6) is 1.32. The van der Waals surface area contributed by atoms with Crippen molar-refractivity contribution in [2.24, 2.45) is 0 Å². The molecule has 7 rings (SSSR count). The van der Waals surface area contributed by atoms with Crippen molar-refractivity contribution >= 4 is 11.8 Å². The van der Waals surface area contributed by atoms with Crippen molar-refractivity contribution < 1.29 is 28.5 Å². The highest BCUT2D eigenvalue weighted by molar-refractivity contribution is 6.21. The second-order valence-electron chi connectivity index (χ2n) is 10.8. The van der Waals surface area contributed by atoms with Crippen molar-refractivity contribution in [2.75, 3.05) is 33.5 Å². The van der Waals surface area contributed by atoms with Crippen LogP contribution in [0, 0.1) is 0 Å². The fourth-order valence-corrected chi connectivity index (χ4v) is 5.06. The quantitative estimate of drug-likeness (QED) is 0.0983. The van der Waals surface area contributed by atoms with Crippen LogP contribution in [0.4, 0.5) is 0 Å². The van der Waals surface area contributed by atoms with Crippen molar-refractivity contribution in [3.8, 4) is 11.5 Å². The minimum Gasteiger partial charge on any atom is -0.491 e. The van der Waals surface area contributed by atoms with Crippen LogP contribution in [0.1, 0.15) is 107 Å². The predicted octanol–water partition coefficient (Wildman–Crippen LogP) is 10.2. The number of amides is 2. The molecule has 0 radical (unpaired) electrons. The van der Waals surface area contributed by atoms with Gasteiger partial charge in [0, 0.05) is 12.5 Å². The Morgan fingerprint density at radius 3 is 1.22 bits per heavy atom. The van der Waals surface area contributed by atoms with Gasteiger partial charge in [-0.05, 0) is 60.0 Å². The zero-order chi connectivity index (χ0) is 37.1. The number of hydrogen-bond donors (Lipinski definition) is 0. The van der Waals surface area contributed by atoms with Gasteiger partial charge in [0.05, 0.1) is 24.3 Å². The highest BCUT2D eigenvalue weighted by Gasteiger charge is 2.33. The lowest BCUT2D eigenvalue weighted by Crippen LogP contribution is -2.25. The lowest BCUT2D eigenvalue weighted by Gasteiger charge is -2.32. The van der Waals surface area contributed by atoms with Gasteiger partial charge in [-0.2, -0.15) is 0 Å². The Balaban J connectivity index is 0.000000519. The number of hydrogen-bond acceptors (Lipinski definition) is 6. The third-order valence-electron chi connectivity index (χ3n) is 7.89. The summed E-state index contributed by atoms with van der Waals surface area (Å²) in [6.07, 6.45) is 0.512. The van der Waals surface area contributed by atoms with Crippen LogP contribution in [0.5, 0.6) is 11.5 Å². The van der Waals surface area contributed by atoms with Crippen molar-refractivity contribution in [1.82, 2.24) is 4.90 Å². The Morgan fingerprint density at radius 2 is 0.882 bits per heavy atom. The van der Waals surface area contributed by atoms with Gasteiger partial charge in [0.25, 0.3) is 11.8 Å². The molecule has 0 N–H and O–H groups in total. The minimum atomic E-state index is -0.294. The molecule has 3 heterocycles. The van der Waals surface area contributed by atoms with E-state index >= 15 is 0 Å². The third kappa shape index (κ3) is 12.1. The van der Waals surface area contributed by atoms with Crippen LogP contribution >= 0.6 is 0 Å². The van der Waals surface area contributed by atoms with Gasteiger partial charge in [-0.1, -0.05) is 130 Å². The zero-order valence-electron chi connectivity index (χ0n) is 31.7. The van der Waals surface area contributed by atoms with Crippen molar-refractivity contribution in [2.45, 2.75) is 87.4 Å². The molecule has 0 saturated carbocycles. The lowest BCUT2D eigenvalue weighted by atomic mass is 9.71. The summed E-state index contributed by atoms with van der Waals surface area (Å²) < 4.78 is 22.1. The standard InChI is InChI=1S/C26H26O4.C9H7NO2.4C2H6.CH4/c1-26(19-5-3-2-4-6-19,20-7-11-22(12-8-20)27-15-24-17-29-24)21-9-13-23(14-10-21)28-16-25-18-30-25;1-10-8(11)6-4-2-3-5-7(6)9(10)12;4*1-2;/h2-14,24-25H,15-18H2,1H3;2-5H,1H3;4*1-2H3;1H4. The molecule has 7 heteroatoms. The molecule has 278 valence electrons. The van der Waals surface area contributed by atoms with E-state index in [1.54, 1.807) is 24.3 Å². The Labute approximate surface area is 307 Å². The van der Waals surface area contributed by atoms with E-state index in [1.165, 1.54) is 23.7 Å². The van der Waals surface area contributed by atoms with Gasteiger partial charge in [-0.25, -0.2) is 0 Å². The van der Waals surface area contributed by atoms with E-state index in [-0.39, 0.29) is 36.9 Å². The smallest absolute Gasteiger partial charge is 0.261 e. The average Bonchev–Trinajstić information content (AvgIpc) is 4.16. The Kier molecular flexibility index (Phi) is 20.2. The Bertz CT molecular complexity index is 1450. The molecule has 3 aliphatic rings. The van der Waals surface area contributed by atoms with Gasteiger partial charge in [0.15, 0.2) is 0 Å². The molecular formula is C44H61NO6. The molecule has 7 nitrogen and oxygen atoms in total. The summed E-state index contributed by atoms with van der Waals surface area (Å²) in [5.41, 5.74) is 4.38. The van der Waals surface area contributed by atoms with Gasteiger partial charge in [0.1, 0.15) is 36.9 Å². The maximum Gasteiger partial charge on any atom is 0.261 e. The summed E-state index contributed by atoms with van der Waals surface area (Å²) >= 11 is 0. The molecular weight excluding hydrogens is 638 g/mol. The van der Waals surface area contributed by atoms with Gasteiger partial charge in [0.2, 0.25) is 0 Å². The molecule has 2 amide bonds.